The fourth-order valence-corrected chi connectivity index (χ4v) is 3.38. The molecule has 3 aromatic carbocycles. The van der Waals surface area contributed by atoms with Crippen molar-refractivity contribution in [2.45, 2.75) is 52.4 Å². The number of hydrogen-bond donors (Lipinski definition) is 0. The zero-order chi connectivity index (χ0) is 22.8. The Morgan fingerprint density at radius 1 is 0.594 bits per heavy atom. The van der Waals surface area contributed by atoms with E-state index in [1.165, 1.54) is 48.9 Å². The van der Waals surface area contributed by atoms with Crippen LogP contribution in [0.15, 0.2) is 60.7 Å². The Morgan fingerprint density at radius 3 is 1.69 bits per heavy atom. The van der Waals surface area contributed by atoms with Crippen LogP contribution < -0.4 is 0 Å². The molecule has 0 spiro atoms. The van der Waals surface area contributed by atoms with E-state index in [0.717, 1.165) is 24.0 Å². The maximum absolute atomic E-state index is 14.5. The lowest BCUT2D eigenvalue weighted by atomic mass is 10.0. The van der Waals surface area contributed by atoms with Crippen LogP contribution in [0.2, 0.25) is 0 Å². The summed E-state index contributed by atoms with van der Waals surface area (Å²) in [5.74, 6) is 9.90. The van der Waals surface area contributed by atoms with Crippen molar-refractivity contribution in [2.24, 2.45) is 0 Å². The van der Waals surface area contributed by atoms with E-state index in [2.05, 4.69) is 37.5 Å². The fourth-order valence-electron chi connectivity index (χ4n) is 3.38. The van der Waals surface area contributed by atoms with Crippen LogP contribution in [-0.4, -0.2) is 0 Å². The first-order valence-corrected chi connectivity index (χ1v) is 11.3. The molecule has 3 rings (SSSR count). The molecule has 2 heteroatoms. The summed E-state index contributed by atoms with van der Waals surface area (Å²) in [6, 6.07) is 18.2. The van der Waals surface area contributed by atoms with Gasteiger partial charge < -0.3 is 0 Å². The van der Waals surface area contributed by atoms with Crippen LogP contribution in [0.4, 0.5) is 8.78 Å². The molecule has 0 saturated heterocycles. The Kier molecular flexibility index (Phi) is 8.65. The number of aryl methyl sites for hydroxylation is 2. The van der Waals surface area contributed by atoms with Crippen molar-refractivity contribution in [1.82, 2.24) is 0 Å². The molecule has 0 aliphatic carbocycles. The van der Waals surface area contributed by atoms with E-state index in [9.17, 15) is 8.78 Å². The molecule has 32 heavy (non-hydrogen) atoms. The molecule has 0 radical (unpaired) electrons. The number of unbranched alkanes of at least 4 members (excludes halogenated alkanes) is 3. The van der Waals surface area contributed by atoms with Gasteiger partial charge in [0.1, 0.15) is 11.6 Å². The first-order chi connectivity index (χ1) is 15.6. The third-order valence-electron chi connectivity index (χ3n) is 5.36. The predicted molar refractivity (Wildman–Crippen MR) is 128 cm³/mol. The third-order valence-corrected chi connectivity index (χ3v) is 5.36. The van der Waals surface area contributed by atoms with Crippen LogP contribution in [0.5, 0.6) is 0 Å². The summed E-state index contributed by atoms with van der Waals surface area (Å²) in [6.45, 7) is 4.29. The molecule has 0 nitrogen and oxygen atoms in total. The second-order valence-corrected chi connectivity index (χ2v) is 7.87. The van der Waals surface area contributed by atoms with E-state index in [-0.39, 0.29) is 11.1 Å². The van der Waals surface area contributed by atoms with E-state index in [0.29, 0.717) is 0 Å². The van der Waals surface area contributed by atoms with E-state index >= 15 is 0 Å². The van der Waals surface area contributed by atoms with Gasteiger partial charge in [0, 0.05) is 16.7 Å². The van der Waals surface area contributed by atoms with Gasteiger partial charge in [-0.1, -0.05) is 81.1 Å². The highest BCUT2D eigenvalue weighted by Crippen LogP contribution is 2.15. The van der Waals surface area contributed by atoms with Crippen LogP contribution in [0.3, 0.4) is 0 Å². The minimum absolute atomic E-state index is 0.230. The van der Waals surface area contributed by atoms with Gasteiger partial charge in [-0.3, -0.25) is 0 Å². The van der Waals surface area contributed by atoms with Crippen molar-refractivity contribution >= 4 is 0 Å². The predicted octanol–water partition coefficient (Wildman–Crippen LogP) is 7.45. The SMILES string of the molecule is CCCCCCc1ccc(C#Cc2c(F)cc(C#Cc3ccc(CC)cc3)cc2F)cc1. The Bertz CT molecular complexity index is 1120. The fraction of sp³-hybridized carbons (Fsp3) is 0.267. The van der Waals surface area contributed by atoms with E-state index < -0.39 is 11.6 Å². The van der Waals surface area contributed by atoms with Gasteiger partial charge in [0.25, 0.3) is 0 Å². The van der Waals surface area contributed by atoms with Crippen LogP contribution in [-0.2, 0) is 12.8 Å². The largest absolute Gasteiger partial charge is 0.205 e. The lowest BCUT2D eigenvalue weighted by molar-refractivity contribution is 0.577. The Hall–Kier alpha value is -3.36. The third kappa shape index (κ3) is 6.83. The molecule has 0 unspecified atom stereocenters. The minimum Gasteiger partial charge on any atom is -0.205 e. The molecular weight excluding hydrogens is 398 g/mol. The molecule has 0 bridgehead atoms. The maximum atomic E-state index is 14.5. The zero-order valence-corrected chi connectivity index (χ0v) is 18.8. The maximum Gasteiger partial charge on any atom is 0.143 e. The Morgan fingerprint density at radius 2 is 1.12 bits per heavy atom. The van der Waals surface area contributed by atoms with Crippen LogP contribution in [0.25, 0.3) is 0 Å². The lowest BCUT2D eigenvalue weighted by Crippen LogP contribution is -1.93. The molecule has 0 amide bonds. The zero-order valence-electron chi connectivity index (χ0n) is 18.8. The minimum atomic E-state index is -0.698. The second-order valence-electron chi connectivity index (χ2n) is 7.87. The first kappa shape index (κ1) is 23.3. The van der Waals surface area contributed by atoms with Crippen molar-refractivity contribution in [3.05, 3.63) is 106 Å². The van der Waals surface area contributed by atoms with Crippen LogP contribution in [0, 0.1) is 35.3 Å². The molecule has 0 aromatic heterocycles. The van der Waals surface area contributed by atoms with Crippen molar-refractivity contribution in [1.29, 1.82) is 0 Å². The van der Waals surface area contributed by atoms with Gasteiger partial charge >= 0.3 is 0 Å². The summed E-state index contributed by atoms with van der Waals surface area (Å²) in [5.41, 5.74) is 4.08. The van der Waals surface area contributed by atoms with Crippen LogP contribution >= 0.6 is 0 Å². The molecule has 0 N–H and O–H groups in total. The quantitative estimate of drug-likeness (QED) is 0.284. The van der Waals surface area contributed by atoms with Gasteiger partial charge in [-0.2, -0.15) is 0 Å². The summed E-state index contributed by atoms with van der Waals surface area (Å²) < 4.78 is 29.0. The van der Waals surface area contributed by atoms with Crippen molar-refractivity contribution in [2.75, 3.05) is 0 Å². The van der Waals surface area contributed by atoms with Gasteiger partial charge in [-0.05, 0) is 66.8 Å². The molecule has 0 aliphatic rings. The number of hydrogen-bond acceptors (Lipinski definition) is 0. The van der Waals surface area contributed by atoms with Gasteiger partial charge in [0.15, 0.2) is 0 Å². The molecule has 162 valence electrons. The average molecular weight is 427 g/mol. The smallest absolute Gasteiger partial charge is 0.143 e. The summed E-state index contributed by atoms with van der Waals surface area (Å²) in [6.07, 6.45) is 6.90. The molecule has 0 atom stereocenters. The molecular formula is C30H28F2. The highest BCUT2D eigenvalue weighted by Gasteiger charge is 2.08. The monoisotopic (exact) mass is 426 g/mol. The highest BCUT2D eigenvalue weighted by molar-refractivity contribution is 5.49. The van der Waals surface area contributed by atoms with Gasteiger partial charge in [-0.25, -0.2) is 8.78 Å². The first-order valence-electron chi connectivity index (χ1n) is 11.3. The van der Waals surface area contributed by atoms with Crippen molar-refractivity contribution < 1.29 is 8.78 Å². The average Bonchev–Trinajstić information content (AvgIpc) is 2.81. The summed E-state index contributed by atoms with van der Waals surface area (Å²) >= 11 is 0. The van der Waals surface area contributed by atoms with Crippen molar-refractivity contribution in [3.8, 4) is 23.7 Å². The van der Waals surface area contributed by atoms with Gasteiger partial charge in [0.2, 0.25) is 0 Å². The van der Waals surface area contributed by atoms with E-state index in [4.69, 9.17) is 0 Å². The summed E-state index contributed by atoms with van der Waals surface area (Å²) in [4.78, 5) is 0. The lowest BCUT2D eigenvalue weighted by Gasteiger charge is -2.01. The number of rotatable bonds is 6. The molecule has 0 aliphatic heterocycles. The Balaban J connectivity index is 1.70. The molecule has 0 saturated carbocycles. The second kappa shape index (κ2) is 11.9. The van der Waals surface area contributed by atoms with Gasteiger partial charge in [0.05, 0.1) is 5.56 Å². The Labute approximate surface area is 190 Å². The molecule has 0 heterocycles. The van der Waals surface area contributed by atoms with Crippen molar-refractivity contribution in [3.63, 3.8) is 0 Å². The van der Waals surface area contributed by atoms with Gasteiger partial charge in [-0.15, -0.1) is 0 Å². The molecule has 3 aromatic rings. The normalized spacial score (nSPS) is 10.1. The number of benzene rings is 3. The summed E-state index contributed by atoms with van der Waals surface area (Å²) in [7, 11) is 0. The standard InChI is InChI=1S/C30H28F2/c1-3-5-6-7-8-24-13-15-26(16-14-24)19-20-28-29(31)21-27(22-30(28)32)18-17-25-11-9-23(4-2)10-12-25/h9-16,21-22H,3-8H2,1-2H3. The van der Waals surface area contributed by atoms with E-state index in [1.54, 1.807) is 0 Å². The van der Waals surface area contributed by atoms with E-state index in [1.807, 2.05) is 48.5 Å². The highest BCUT2D eigenvalue weighted by atomic mass is 19.1. The number of halogens is 2. The molecule has 0 fully saturated rings. The topological polar surface area (TPSA) is 0 Å². The van der Waals surface area contributed by atoms with Crippen LogP contribution in [0.1, 0.15) is 72.9 Å². The summed E-state index contributed by atoms with van der Waals surface area (Å²) in [5, 5.41) is 0.